The predicted octanol–water partition coefficient (Wildman–Crippen LogP) is 1.28. The van der Waals surface area contributed by atoms with Crippen molar-refractivity contribution in [1.29, 1.82) is 0 Å². The van der Waals surface area contributed by atoms with Gasteiger partial charge in [0.2, 0.25) is 0 Å². The molecule has 0 radical (unpaired) electrons. The molecule has 1 aromatic rings. The molecular formula is C14H16N2O. The molecule has 0 spiro atoms. The van der Waals surface area contributed by atoms with Crippen LogP contribution in [0.25, 0.3) is 0 Å². The maximum atomic E-state index is 11.9. The second-order valence-electron chi connectivity index (χ2n) is 4.60. The van der Waals surface area contributed by atoms with Crippen molar-refractivity contribution in [3.8, 4) is 11.8 Å². The fourth-order valence-electron chi connectivity index (χ4n) is 1.52. The smallest absolute Gasteiger partial charge is 0.251 e. The van der Waals surface area contributed by atoms with Crippen molar-refractivity contribution in [3.05, 3.63) is 35.4 Å². The highest BCUT2D eigenvalue weighted by Crippen LogP contribution is 2.34. The zero-order valence-corrected chi connectivity index (χ0v) is 9.92. The summed E-state index contributed by atoms with van der Waals surface area (Å²) in [4.78, 5) is 11.9. The maximum Gasteiger partial charge on any atom is 0.251 e. The molecule has 0 unspecified atom stereocenters. The van der Waals surface area contributed by atoms with Crippen LogP contribution < -0.4 is 11.1 Å². The van der Waals surface area contributed by atoms with E-state index in [1.807, 2.05) is 12.1 Å². The largest absolute Gasteiger partial charge is 0.347 e. The van der Waals surface area contributed by atoms with Crippen molar-refractivity contribution in [1.82, 2.24) is 5.32 Å². The van der Waals surface area contributed by atoms with E-state index in [0.717, 1.165) is 18.4 Å². The number of rotatable bonds is 2. The molecule has 1 aliphatic carbocycles. The Morgan fingerprint density at radius 3 is 2.59 bits per heavy atom. The van der Waals surface area contributed by atoms with E-state index in [4.69, 9.17) is 5.73 Å². The molecule has 1 aromatic carbocycles. The third-order valence-electron chi connectivity index (χ3n) is 2.90. The van der Waals surface area contributed by atoms with Gasteiger partial charge in [-0.25, -0.2) is 0 Å². The van der Waals surface area contributed by atoms with E-state index < -0.39 is 0 Å². The van der Waals surface area contributed by atoms with Crippen molar-refractivity contribution < 1.29 is 4.79 Å². The highest BCUT2D eigenvalue weighted by Gasteiger charge is 2.38. The van der Waals surface area contributed by atoms with Crippen LogP contribution >= 0.6 is 0 Å². The Morgan fingerprint density at radius 1 is 1.41 bits per heavy atom. The summed E-state index contributed by atoms with van der Waals surface area (Å²) in [5.74, 6) is 5.69. The van der Waals surface area contributed by atoms with Crippen molar-refractivity contribution in [2.24, 2.45) is 5.73 Å². The SMILES string of the molecule is CC1(NC(=O)c2ccc(C#CCN)cc2)CC1. The number of carbonyl (C=O) groups excluding carboxylic acids is 1. The van der Waals surface area contributed by atoms with Crippen LogP contribution in [0.5, 0.6) is 0 Å². The number of hydrogen-bond acceptors (Lipinski definition) is 2. The van der Waals surface area contributed by atoms with E-state index in [9.17, 15) is 4.79 Å². The minimum Gasteiger partial charge on any atom is -0.347 e. The summed E-state index contributed by atoms with van der Waals surface area (Å²) in [6.07, 6.45) is 2.14. The Morgan fingerprint density at radius 2 is 2.06 bits per heavy atom. The second-order valence-corrected chi connectivity index (χ2v) is 4.60. The zero-order valence-electron chi connectivity index (χ0n) is 9.92. The van der Waals surface area contributed by atoms with Gasteiger partial charge >= 0.3 is 0 Å². The lowest BCUT2D eigenvalue weighted by Crippen LogP contribution is -2.34. The first-order valence-electron chi connectivity index (χ1n) is 5.74. The number of benzene rings is 1. The molecule has 0 aromatic heterocycles. The summed E-state index contributed by atoms with van der Waals surface area (Å²) >= 11 is 0. The third kappa shape index (κ3) is 3.08. The fourth-order valence-corrected chi connectivity index (χ4v) is 1.52. The summed E-state index contributed by atoms with van der Waals surface area (Å²) in [6, 6.07) is 7.27. The summed E-state index contributed by atoms with van der Waals surface area (Å²) < 4.78 is 0. The van der Waals surface area contributed by atoms with Gasteiger partial charge < -0.3 is 11.1 Å². The molecule has 3 nitrogen and oxygen atoms in total. The Balaban J connectivity index is 2.04. The molecule has 88 valence electrons. The van der Waals surface area contributed by atoms with Crippen LogP contribution in [-0.2, 0) is 0 Å². The Bertz CT molecular complexity index is 475. The van der Waals surface area contributed by atoms with Crippen LogP contribution in [0.4, 0.5) is 0 Å². The van der Waals surface area contributed by atoms with E-state index in [1.54, 1.807) is 12.1 Å². The van der Waals surface area contributed by atoms with Crippen molar-refractivity contribution in [2.45, 2.75) is 25.3 Å². The zero-order chi connectivity index (χ0) is 12.3. The highest BCUT2D eigenvalue weighted by molar-refractivity contribution is 5.95. The lowest BCUT2D eigenvalue weighted by atomic mass is 10.1. The minimum atomic E-state index is -0.0108. The molecule has 17 heavy (non-hydrogen) atoms. The average molecular weight is 228 g/mol. The Labute approximate surface area is 101 Å². The van der Waals surface area contributed by atoms with Crippen LogP contribution in [0.3, 0.4) is 0 Å². The average Bonchev–Trinajstić information content (AvgIpc) is 3.04. The van der Waals surface area contributed by atoms with E-state index >= 15 is 0 Å². The first-order chi connectivity index (χ1) is 8.13. The normalized spacial score (nSPS) is 15.6. The Kier molecular flexibility index (Phi) is 3.16. The van der Waals surface area contributed by atoms with Crippen LogP contribution in [0.15, 0.2) is 24.3 Å². The first kappa shape index (κ1) is 11.7. The van der Waals surface area contributed by atoms with Gasteiger partial charge in [0.25, 0.3) is 5.91 Å². The molecule has 0 atom stereocenters. The Hall–Kier alpha value is -1.79. The number of hydrogen-bond donors (Lipinski definition) is 2. The summed E-state index contributed by atoms with van der Waals surface area (Å²) in [7, 11) is 0. The summed E-state index contributed by atoms with van der Waals surface area (Å²) in [5, 5.41) is 3.01. The standard InChI is InChI=1S/C14H16N2O/c1-14(8-9-14)16-13(17)12-6-4-11(5-7-12)3-2-10-15/h4-7H,8-10,15H2,1H3,(H,16,17). The van der Waals surface area contributed by atoms with Gasteiger partial charge in [-0.1, -0.05) is 11.8 Å². The van der Waals surface area contributed by atoms with Crippen molar-refractivity contribution in [3.63, 3.8) is 0 Å². The molecule has 1 saturated carbocycles. The molecular weight excluding hydrogens is 212 g/mol. The second kappa shape index (κ2) is 4.60. The minimum absolute atomic E-state index is 0.0108. The van der Waals surface area contributed by atoms with Gasteiger partial charge in [0.15, 0.2) is 0 Å². The van der Waals surface area contributed by atoms with E-state index in [2.05, 4.69) is 24.1 Å². The molecule has 1 aliphatic rings. The molecule has 0 heterocycles. The highest BCUT2D eigenvalue weighted by atomic mass is 16.1. The summed E-state index contributed by atoms with van der Waals surface area (Å²) in [6.45, 7) is 2.41. The molecule has 2 rings (SSSR count). The molecule has 3 N–H and O–H groups in total. The molecule has 0 saturated heterocycles. The fraction of sp³-hybridized carbons (Fsp3) is 0.357. The molecule has 1 fully saturated rings. The molecule has 3 heteroatoms. The number of amides is 1. The lowest BCUT2D eigenvalue weighted by Gasteiger charge is -2.11. The lowest BCUT2D eigenvalue weighted by molar-refractivity contribution is 0.0935. The van der Waals surface area contributed by atoms with Crippen molar-refractivity contribution >= 4 is 5.91 Å². The third-order valence-corrected chi connectivity index (χ3v) is 2.90. The maximum absolute atomic E-state index is 11.9. The van der Waals surface area contributed by atoms with Crippen LogP contribution in [-0.4, -0.2) is 18.0 Å². The van der Waals surface area contributed by atoms with Crippen LogP contribution in [0.2, 0.25) is 0 Å². The van der Waals surface area contributed by atoms with Gasteiger partial charge in [-0.2, -0.15) is 0 Å². The topological polar surface area (TPSA) is 55.1 Å². The number of nitrogens with two attached hydrogens (primary N) is 1. The van der Waals surface area contributed by atoms with Gasteiger partial charge in [-0.3, -0.25) is 4.79 Å². The summed E-state index contributed by atoms with van der Waals surface area (Å²) in [5.41, 5.74) is 6.87. The van der Waals surface area contributed by atoms with Crippen LogP contribution in [0, 0.1) is 11.8 Å². The molecule has 0 bridgehead atoms. The predicted molar refractivity (Wildman–Crippen MR) is 67.5 cm³/mol. The van der Waals surface area contributed by atoms with Gasteiger partial charge in [0.05, 0.1) is 6.54 Å². The number of carbonyl (C=O) groups is 1. The first-order valence-corrected chi connectivity index (χ1v) is 5.74. The number of nitrogens with one attached hydrogen (secondary N) is 1. The van der Waals surface area contributed by atoms with E-state index in [1.165, 1.54) is 0 Å². The van der Waals surface area contributed by atoms with Gasteiger partial charge in [0, 0.05) is 16.7 Å². The molecule has 1 amide bonds. The van der Waals surface area contributed by atoms with Crippen molar-refractivity contribution in [2.75, 3.05) is 6.54 Å². The quantitative estimate of drug-likeness (QED) is 0.749. The van der Waals surface area contributed by atoms with Crippen LogP contribution in [0.1, 0.15) is 35.7 Å². The molecule has 0 aliphatic heterocycles. The van der Waals surface area contributed by atoms with Gasteiger partial charge in [-0.15, -0.1) is 0 Å². The van der Waals surface area contributed by atoms with E-state index in [0.29, 0.717) is 12.1 Å². The van der Waals surface area contributed by atoms with Gasteiger partial charge in [-0.05, 0) is 44.0 Å². The monoisotopic (exact) mass is 228 g/mol. The van der Waals surface area contributed by atoms with E-state index in [-0.39, 0.29) is 11.4 Å². The van der Waals surface area contributed by atoms with Gasteiger partial charge in [0.1, 0.15) is 0 Å².